The Labute approximate surface area is 123 Å². The molecule has 4 nitrogen and oxygen atoms in total. The number of hydrogen-bond donors (Lipinski definition) is 1. The molecule has 1 aromatic rings. The average Bonchev–Trinajstić information content (AvgIpc) is 3.20. The molecule has 0 atom stereocenters. The normalized spacial score (nSPS) is 16.0. The number of rotatable bonds is 6. The molecular formula is C13H19BrN2O2S. The average molecular weight is 347 g/mol. The molecule has 6 heteroatoms. The van der Waals surface area contributed by atoms with Gasteiger partial charge in [-0.3, -0.25) is 0 Å². The molecule has 1 saturated carbocycles. The molecular weight excluding hydrogens is 328 g/mol. The van der Waals surface area contributed by atoms with Gasteiger partial charge in [-0.2, -0.15) is 0 Å². The molecule has 1 aliphatic rings. The molecule has 19 heavy (non-hydrogen) atoms. The zero-order valence-corrected chi connectivity index (χ0v) is 13.6. The summed E-state index contributed by atoms with van der Waals surface area (Å²) in [5, 5.41) is 3.39. The molecule has 0 spiro atoms. The van der Waals surface area contributed by atoms with Crippen LogP contribution >= 0.6 is 15.9 Å². The molecule has 0 amide bonds. The van der Waals surface area contributed by atoms with Gasteiger partial charge in [0.15, 0.2) is 0 Å². The van der Waals surface area contributed by atoms with Crippen LogP contribution in [-0.4, -0.2) is 32.4 Å². The van der Waals surface area contributed by atoms with Crippen LogP contribution in [0.5, 0.6) is 0 Å². The monoisotopic (exact) mass is 346 g/mol. The third-order valence-electron chi connectivity index (χ3n) is 3.30. The fourth-order valence-electron chi connectivity index (χ4n) is 1.74. The maximum absolute atomic E-state index is 12.4. The first-order valence-corrected chi connectivity index (χ1v) is 8.66. The molecule has 0 heterocycles. The quantitative estimate of drug-likeness (QED) is 0.859. The van der Waals surface area contributed by atoms with Crippen LogP contribution in [0.3, 0.4) is 0 Å². The van der Waals surface area contributed by atoms with Gasteiger partial charge >= 0.3 is 0 Å². The lowest BCUT2D eigenvalue weighted by molar-refractivity contribution is 0.486. The number of sulfonamides is 1. The SMILES string of the molecule is CCN(C)S(=O)(=O)c1cc(CNC2CC2)ccc1Br. The molecule has 0 saturated heterocycles. The second kappa shape index (κ2) is 5.91. The number of nitrogens with one attached hydrogen (secondary N) is 1. The second-order valence-electron chi connectivity index (χ2n) is 4.84. The van der Waals surface area contributed by atoms with Crippen LogP contribution in [0.1, 0.15) is 25.3 Å². The molecule has 1 fully saturated rings. The van der Waals surface area contributed by atoms with Crippen molar-refractivity contribution in [2.45, 2.75) is 37.2 Å². The highest BCUT2D eigenvalue weighted by molar-refractivity contribution is 9.10. The minimum Gasteiger partial charge on any atom is -0.310 e. The fraction of sp³-hybridized carbons (Fsp3) is 0.538. The van der Waals surface area contributed by atoms with E-state index in [4.69, 9.17) is 0 Å². The third-order valence-corrected chi connectivity index (χ3v) is 6.23. The van der Waals surface area contributed by atoms with Crippen LogP contribution in [0.25, 0.3) is 0 Å². The maximum atomic E-state index is 12.4. The van der Waals surface area contributed by atoms with E-state index in [9.17, 15) is 8.42 Å². The van der Waals surface area contributed by atoms with Crippen LogP contribution in [0, 0.1) is 0 Å². The molecule has 1 aliphatic carbocycles. The standard InChI is InChI=1S/C13H19BrN2O2S/c1-3-16(2)19(17,18)13-8-10(4-7-12(13)14)9-15-11-5-6-11/h4,7-8,11,15H,3,5-6,9H2,1-2H3. The summed E-state index contributed by atoms with van der Waals surface area (Å²) in [7, 11) is -1.81. The zero-order chi connectivity index (χ0) is 14.0. The Morgan fingerprint density at radius 2 is 2.11 bits per heavy atom. The minimum atomic E-state index is -3.41. The van der Waals surface area contributed by atoms with Gasteiger partial charge in [0, 0.05) is 30.7 Å². The highest BCUT2D eigenvalue weighted by Gasteiger charge is 2.23. The smallest absolute Gasteiger partial charge is 0.243 e. The van der Waals surface area contributed by atoms with Gasteiger partial charge in [0.25, 0.3) is 0 Å². The van der Waals surface area contributed by atoms with E-state index in [1.165, 1.54) is 17.1 Å². The van der Waals surface area contributed by atoms with Crippen molar-refractivity contribution in [3.63, 3.8) is 0 Å². The van der Waals surface area contributed by atoms with Crippen molar-refractivity contribution >= 4 is 26.0 Å². The Hall–Kier alpha value is -0.430. The predicted molar refractivity (Wildman–Crippen MR) is 79.5 cm³/mol. The van der Waals surface area contributed by atoms with Gasteiger partial charge in [-0.15, -0.1) is 0 Å². The van der Waals surface area contributed by atoms with Gasteiger partial charge in [0.1, 0.15) is 0 Å². The minimum absolute atomic E-state index is 0.340. The molecule has 0 radical (unpaired) electrons. The summed E-state index contributed by atoms with van der Waals surface area (Å²) < 4.78 is 26.7. The molecule has 0 unspecified atom stereocenters. The summed E-state index contributed by atoms with van der Waals surface area (Å²) in [4.78, 5) is 0.340. The molecule has 2 rings (SSSR count). The van der Waals surface area contributed by atoms with Gasteiger partial charge in [0.05, 0.1) is 4.90 Å². The largest absolute Gasteiger partial charge is 0.310 e. The fourth-order valence-corrected chi connectivity index (χ4v) is 3.89. The Balaban J connectivity index is 2.25. The van der Waals surface area contributed by atoms with Crippen molar-refractivity contribution in [1.82, 2.24) is 9.62 Å². The van der Waals surface area contributed by atoms with E-state index in [0.29, 0.717) is 22.0 Å². The van der Waals surface area contributed by atoms with Crippen LogP contribution in [0.4, 0.5) is 0 Å². The molecule has 1 aromatic carbocycles. The topological polar surface area (TPSA) is 49.4 Å². The Morgan fingerprint density at radius 3 is 2.68 bits per heavy atom. The number of benzene rings is 1. The van der Waals surface area contributed by atoms with Gasteiger partial charge in [-0.1, -0.05) is 13.0 Å². The van der Waals surface area contributed by atoms with Crippen molar-refractivity contribution in [2.75, 3.05) is 13.6 Å². The van der Waals surface area contributed by atoms with Crippen LogP contribution in [0.15, 0.2) is 27.6 Å². The summed E-state index contributed by atoms with van der Waals surface area (Å²) in [6, 6.07) is 6.12. The molecule has 0 bridgehead atoms. The molecule has 106 valence electrons. The van der Waals surface area contributed by atoms with Crippen LogP contribution in [0.2, 0.25) is 0 Å². The van der Waals surface area contributed by atoms with E-state index in [1.54, 1.807) is 19.2 Å². The van der Waals surface area contributed by atoms with E-state index in [-0.39, 0.29) is 0 Å². The number of hydrogen-bond acceptors (Lipinski definition) is 3. The first kappa shape index (κ1) is 15.0. The van der Waals surface area contributed by atoms with Gasteiger partial charge in [-0.05, 0) is 46.5 Å². The maximum Gasteiger partial charge on any atom is 0.243 e. The highest BCUT2D eigenvalue weighted by Crippen LogP contribution is 2.26. The van der Waals surface area contributed by atoms with Crippen molar-refractivity contribution in [1.29, 1.82) is 0 Å². The Morgan fingerprint density at radius 1 is 1.42 bits per heavy atom. The molecule has 0 aliphatic heterocycles. The predicted octanol–water partition coefficient (Wildman–Crippen LogP) is 2.34. The lowest BCUT2D eigenvalue weighted by Gasteiger charge is -2.17. The van der Waals surface area contributed by atoms with E-state index in [0.717, 1.165) is 12.1 Å². The van der Waals surface area contributed by atoms with Gasteiger partial charge in [-0.25, -0.2) is 12.7 Å². The van der Waals surface area contributed by atoms with Crippen LogP contribution < -0.4 is 5.32 Å². The number of halogens is 1. The van der Waals surface area contributed by atoms with Crippen LogP contribution in [-0.2, 0) is 16.6 Å². The van der Waals surface area contributed by atoms with Crippen molar-refractivity contribution in [3.05, 3.63) is 28.2 Å². The highest BCUT2D eigenvalue weighted by atomic mass is 79.9. The zero-order valence-electron chi connectivity index (χ0n) is 11.2. The second-order valence-corrected chi connectivity index (χ2v) is 7.71. The Kier molecular flexibility index (Phi) is 4.66. The van der Waals surface area contributed by atoms with E-state index in [2.05, 4.69) is 21.2 Å². The lowest BCUT2D eigenvalue weighted by atomic mass is 10.2. The van der Waals surface area contributed by atoms with Crippen molar-refractivity contribution in [3.8, 4) is 0 Å². The Bertz CT molecular complexity index is 556. The lowest BCUT2D eigenvalue weighted by Crippen LogP contribution is -2.27. The molecule has 0 aromatic heterocycles. The first-order valence-electron chi connectivity index (χ1n) is 6.43. The summed E-state index contributed by atoms with van der Waals surface area (Å²) in [5.74, 6) is 0. The number of nitrogens with zero attached hydrogens (tertiary/aromatic N) is 1. The summed E-state index contributed by atoms with van der Waals surface area (Å²) in [5.41, 5.74) is 0.998. The van der Waals surface area contributed by atoms with E-state index in [1.807, 2.05) is 13.0 Å². The van der Waals surface area contributed by atoms with E-state index >= 15 is 0 Å². The summed E-state index contributed by atoms with van der Waals surface area (Å²) >= 11 is 3.33. The molecule has 1 N–H and O–H groups in total. The first-order chi connectivity index (χ1) is 8.95. The van der Waals surface area contributed by atoms with Crippen molar-refractivity contribution in [2.24, 2.45) is 0 Å². The van der Waals surface area contributed by atoms with Gasteiger partial charge < -0.3 is 5.32 Å². The van der Waals surface area contributed by atoms with E-state index < -0.39 is 10.0 Å². The summed E-state index contributed by atoms with van der Waals surface area (Å²) in [6.07, 6.45) is 2.44. The van der Waals surface area contributed by atoms with Gasteiger partial charge in [0.2, 0.25) is 10.0 Å². The summed E-state index contributed by atoms with van der Waals surface area (Å²) in [6.45, 7) is 3.00. The van der Waals surface area contributed by atoms with Crippen molar-refractivity contribution < 1.29 is 8.42 Å². The third kappa shape index (κ3) is 3.56.